The Hall–Kier alpha value is -1.59. The van der Waals surface area contributed by atoms with E-state index in [9.17, 15) is 4.79 Å². The monoisotopic (exact) mass is 296 g/mol. The second-order valence-corrected chi connectivity index (χ2v) is 5.42. The summed E-state index contributed by atoms with van der Waals surface area (Å²) in [4.78, 5) is 15.8. The van der Waals surface area contributed by atoms with Crippen LogP contribution in [0.1, 0.15) is 28.7 Å². The molecule has 2 aromatic rings. The molecule has 19 heavy (non-hydrogen) atoms. The molecule has 1 aromatic carbocycles. The van der Waals surface area contributed by atoms with Crippen LogP contribution in [0.25, 0.3) is 0 Å². The Kier molecular flexibility index (Phi) is 4.39. The highest BCUT2D eigenvalue weighted by Crippen LogP contribution is 2.27. The number of hydrogen-bond acceptors (Lipinski definition) is 4. The second kappa shape index (κ2) is 6.04. The van der Waals surface area contributed by atoms with Crippen molar-refractivity contribution in [1.29, 1.82) is 0 Å². The molecular weight excluding hydrogens is 284 g/mol. The molecular formula is C13H13ClN2O2S. The van der Waals surface area contributed by atoms with Crippen LogP contribution in [0.15, 0.2) is 24.3 Å². The Bertz CT molecular complexity index is 581. The summed E-state index contributed by atoms with van der Waals surface area (Å²) in [6.07, 6.45) is 1.53. The Morgan fingerprint density at radius 3 is 2.68 bits per heavy atom. The van der Waals surface area contributed by atoms with Gasteiger partial charge in [0, 0.05) is 10.7 Å². The quantitative estimate of drug-likeness (QED) is 0.868. The number of carboxylic acids is 1. The summed E-state index contributed by atoms with van der Waals surface area (Å²) in [5.41, 5.74) is 1.47. The summed E-state index contributed by atoms with van der Waals surface area (Å²) < 4.78 is 0. The van der Waals surface area contributed by atoms with Gasteiger partial charge < -0.3 is 10.4 Å². The molecule has 0 bridgehead atoms. The van der Waals surface area contributed by atoms with E-state index in [-0.39, 0.29) is 0 Å². The van der Waals surface area contributed by atoms with Gasteiger partial charge in [0.2, 0.25) is 0 Å². The number of carbonyl (C=O) groups is 1. The van der Waals surface area contributed by atoms with Gasteiger partial charge in [0.1, 0.15) is 4.88 Å². The normalized spacial score (nSPS) is 10.4. The first kappa shape index (κ1) is 13.8. The average Bonchev–Trinajstić information content (AvgIpc) is 2.76. The number of anilines is 2. The number of aromatic carboxylic acids is 1. The Morgan fingerprint density at radius 2 is 2.11 bits per heavy atom. The number of hydrogen-bond donors (Lipinski definition) is 2. The SMILES string of the molecule is CCCc1nc(Nc2ccc(Cl)cc2)sc1C(=O)O. The first-order chi connectivity index (χ1) is 9.10. The molecule has 1 heterocycles. The number of carboxylic acid groups (broad SMARTS) is 1. The third-order valence-electron chi connectivity index (χ3n) is 2.47. The van der Waals surface area contributed by atoms with Crippen molar-refractivity contribution in [3.63, 3.8) is 0 Å². The fourth-order valence-corrected chi connectivity index (χ4v) is 2.63. The average molecular weight is 297 g/mol. The topological polar surface area (TPSA) is 62.2 Å². The molecule has 0 atom stereocenters. The van der Waals surface area contributed by atoms with E-state index in [0.29, 0.717) is 27.1 Å². The summed E-state index contributed by atoms with van der Waals surface area (Å²) >= 11 is 6.96. The number of halogens is 1. The predicted molar refractivity (Wildman–Crippen MR) is 77.8 cm³/mol. The van der Waals surface area contributed by atoms with E-state index >= 15 is 0 Å². The lowest BCUT2D eigenvalue weighted by Gasteiger charge is -2.01. The minimum atomic E-state index is -0.926. The van der Waals surface area contributed by atoms with E-state index in [1.165, 1.54) is 0 Å². The van der Waals surface area contributed by atoms with Crippen molar-refractivity contribution in [3.05, 3.63) is 39.9 Å². The van der Waals surface area contributed by atoms with Crippen molar-refractivity contribution in [2.75, 3.05) is 5.32 Å². The van der Waals surface area contributed by atoms with E-state index in [1.54, 1.807) is 12.1 Å². The van der Waals surface area contributed by atoms with Gasteiger partial charge in [0.05, 0.1) is 5.69 Å². The fraction of sp³-hybridized carbons (Fsp3) is 0.231. The van der Waals surface area contributed by atoms with Crippen LogP contribution in [0.2, 0.25) is 5.02 Å². The van der Waals surface area contributed by atoms with Crippen molar-refractivity contribution >= 4 is 39.7 Å². The van der Waals surface area contributed by atoms with Gasteiger partial charge in [-0.15, -0.1) is 0 Å². The van der Waals surface area contributed by atoms with E-state index in [0.717, 1.165) is 23.4 Å². The zero-order valence-electron chi connectivity index (χ0n) is 10.3. The highest BCUT2D eigenvalue weighted by molar-refractivity contribution is 7.17. The molecule has 0 amide bonds. The van der Waals surface area contributed by atoms with Crippen molar-refractivity contribution in [1.82, 2.24) is 4.98 Å². The highest BCUT2D eigenvalue weighted by Gasteiger charge is 2.16. The van der Waals surface area contributed by atoms with Gasteiger partial charge in [-0.3, -0.25) is 0 Å². The Labute approximate surface area is 120 Å². The summed E-state index contributed by atoms with van der Waals surface area (Å²) in [6, 6.07) is 7.18. The maximum Gasteiger partial charge on any atom is 0.347 e. The van der Waals surface area contributed by atoms with Crippen LogP contribution < -0.4 is 5.32 Å². The van der Waals surface area contributed by atoms with Gasteiger partial charge in [-0.05, 0) is 30.7 Å². The largest absolute Gasteiger partial charge is 0.477 e. The molecule has 4 nitrogen and oxygen atoms in total. The molecule has 2 N–H and O–H groups in total. The van der Waals surface area contributed by atoms with Gasteiger partial charge in [0.25, 0.3) is 0 Å². The lowest BCUT2D eigenvalue weighted by atomic mass is 10.2. The number of rotatable bonds is 5. The first-order valence-corrected chi connectivity index (χ1v) is 7.05. The minimum absolute atomic E-state index is 0.304. The van der Waals surface area contributed by atoms with Crippen LogP contribution >= 0.6 is 22.9 Å². The van der Waals surface area contributed by atoms with Crippen LogP contribution in [0.4, 0.5) is 10.8 Å². The second-order valence-electron chi connectivity index (χ2n) is 3.98. The lowest BCUT2D eigenvalue weighted by molar-refractivity contribution is 0.0700. The van der Waals surface area contributed by atoms with Gasteiger partial charge in [-0.2, -0.15) is 0 Å². The van der Waals surface area contributed by atoms with Crippen molar-refractivity contribution < 1.29 is 9.90 Å². The number of thiazole rings is 1. The third-order valence-corrected chi connectivity index (χ3v) is 3.73. The summed E-state index contributed by atoms with van der Waals surface area (Å²) in [5.74, 6) is -0.926. The molecule has 1 aromatic heterocycles. The number of benzene rings is 1. The molecule has 0 spiro atoms. The van der Waals surface area contributed by atoms with Gasteiger partial charge in [-0.25, -0.2) is 9.78 Å². The number of aromatic nitrogens is 1. The number of nitrogens with zero attached hydrogens (tertiary/aromatic N) is 1. The molecule has 0 fully saturated rings. The third kappa shape index (κ3) is 3.45. The van der Waals surface area contributed by atoms with Crippen LogP contribution in [0.5, 0.6) is 0 Å². The van der Waals surface area contributed by atoms with Crippen molar-refractivity contribution in [2.45, 2.75) is 19.8 Å². The Morgan fingerprint density at radius 1 is 1.42 bits per heavy atom. The predicted octanol–water partition coefficient (Wildman–Crippen LogP) is 4.19. The van der Waals surface area contributed by atoms with Gasteiger partial charge >= 0.3 is 5.97 Å². The minimum Gasteiger partial charge on any atom is -0.477 e. The zero-order valence-corrected chi connectivity index (χ0v) is 11.9. The molecule has 0 aliphatic rings. The molecule has 2 rings (SSSR count). The molecule has 6 heteroatoms. The molecule has 100 valence electrons. The fourth-order valence-electron chi connectivity index (χ4n) is 1.64. The van der Waals surface area contributed by atoms with Crippen molar-refractivity contribution in [3.8, 4) is 0 Å². The van der Waals surface area contributed by atoms with Crippen LogP contribution in [-0.4, -0.2) is 16.1 Å². The molecule has 0 aliphatic heterocycles. The standard InChI is InChI=1S/C13H13ClN2O2S/c1-2-3-10-11(12(17)18)19-13(16-10)15-9-6-4-8(14)5-7-9/h4-7H,2-3H2,1H3,(H,15,16)(H,17,18). The van der Waals surface area contributed by atoms with E-state index in [1.807, 2.05) is 19.1 Å². The van der Waals surface area contributed by atoms with Gasteiger partial charge in [0.15, 0.2) is 5.13 Å². The van der Waals surface area contributed by atoms with Gasteiger partial charge in [-0.1, -0.05) is 36.3 Å². The molecule has 0 aliphatic carbocycles. The summed E-state index contributed by atoms with van der Waals surface area (Å²) in [5, 5.41) is 13.5. The lowest BCUT2D eigenvalue weighted by Crippen LogP contribution is -1.98. The first-order valence-electron chi connectivity index (χ1n) is 5.85. The number of aryl methyl sites for hydroxylation is 1. The molecule has 0 unspecified atom stereocenters. The van der Waals surface area contributed by atoms with E-state index < -0.39 is 5.97 Å². The van der Waals surface area contributed by atoms with E-state index in [4.69, 9.17) is 16.7 Å². The maximum absolute atomic E-state index is 11.1. The zero-order chi connectivity index (χ0) is 13.8. The van der Waals surface area contributed by atoms with Crippen LogP contribution in [0, 0.1) is 0 Å². The molecule has 0 radical (unpaired) electrons. The highest BCUT2D eigenvalue weighted by atomic mass is 35.5. The molecule has 0 saturated heterocycles. The number of nitrogens with one attached hydrogen (secondary N) is 1. The molecule has 0 saturated carbocycles. The summed E-state index contributed by atoms with van der Waals surface area (Å²) in [6.45, 7) is 2.00. The van der Waals surface area contributed by atoms with Crippen LogP contribution in [-0.2, 0) is 6.42 Å². The smallest absolute Gasteiger partial charge is 0.347 e. The Balaban J connectivity index is 2.23. The summed E-state index contributed by atoms with van der Waals surface area (Å²) in [7, 11) is 0. The van der Waals surface area contributed by atoms with Crippen LogP contribution in [0.3, 0.4) is 0 Å². The van der Waals surface area contributed by atoms with Crippen molar-refractivity contribution in [2.24, 2.45) is 0 Å². The maximum atomic E-state index is 11.1. The van der Waals surface area contributed by atoms with E-state index in [2.05, 4.69) is 10.3 Å².